The van der Waals surface area contributed by atoms with Gasteiger partial charge < -0.3 is 0 Å². The summed E-state index contributed by atoms with van der Waals surface area (Å²) in [5, 5.41) is 0.884. The van der Waals surface area contributed by atoms with E-state index in [-0.39, 0.29) is 16.2 Å². The maximum absolute atomic E-state index is 6.68. The Morgan fingerprint density at radius 1 is 0.735 bits per heavy atom. The first-order valence-corrected chi connectivity index (χ1v) is 13.3. The number of benzene rings is 3. The Morgan fingerprint density at radius 3 is 2.03 bits per heavy atom. The zero-order valence-electron chi connectivity index (χ0n) is 21.9. The van der Waals surface area contributed by atoms with Crippen LogP contribution in [0.2, 0.25) is 5.02 Å². The molecular formula is C33H41Cl. The Hall–Kier alpha value is -2.05. The van der Waals surface area contributed by atoms with E-state index in [4.69, 9.17) is 11.6 Å². The SMILES string of the molecule is CC(C)(C)c1ccc(CC(C)(C)c2cccc(CCC(C)(c3ccccc3)C3CC3)c2)cc1Cl. The predicted octanol–water partition coefficient (Wildman–Crippen LogP) is 9.46. The number of hydrogen-bond acceptors (Lipinski definition) is 0. The van der Waals surface area contributed by atoms with Gasteiger partial charge >= 0.3 is 0 Å². The van der Waals surface area contributed by atoms with Crippen molar-refractivity contribution < 1.29 is 0 Å². The summed E-state index contributed by atoms with van der Waals surface area (Å²) in [5.41, 5.74) is 7.27. The second-order valence-electron chi connectivity index (χ2n) is 12.4. The highest BCUT2D eigenvalue weighted by Gasteiger charge is 2.42. The van der Waals surface area contributed by atoms with Crippen LogP contribution in [0.25, 0.3) is 0 Å². The third-order valence-corrected chi connectivity index (χ3v) is 8.35. The second kappa shape index (κ2) is 9.54. The molecule has 0 spiro atoms. The molecule has 34 heavy (non-hydrogen) atoms. The van der Waals surface area contributed by atoms with E-state index in [1.165, 1.54) is 47.1 Å². The van der Waals surface area contributed by atoms with Gasteiger partial charge in [-0.3, -0.25) is 0 Å². The maximum atomic E-state index is 6.68. The summed E-state index contributed by atoms with van der Waals surface area (Å²) in [6.07, 6.45) is 6.04. The monoisotopic (exact) mass is 472 g/mol. The fourth-order valence-corrected chi connectivity index (χ4v) is 6.05. The van der Waals surface area contributed by atoms with Crippen LogP contribution >= 0.6 is 11.6 Å². The molecule has 0 saturated heterocycles. The quantitative estimate of drug-likeness (QED) is 0.306. The van der Waals surface area contributed by atoms with Gasteiger partial charge in [0, 0.05) is 5.02 Å². The minimum atomic E-state index is 0.0435. The van der Waals surface area contributed by atoms with E-state index in [0.29, 0.717) is 0 Å². The van der Waals surface area contributed by atoms with Crippen LogP contribution in [0, 0.1) is 5.92 Å². The molecule has 0 nitrogen and oxygen atoms in total. The minimum Gasteiger partial charge on any atom is -0.0840 e. The summed E-state index contributed by atoms with van der Waals surface area (Å²) in [4.78, 5) is 0. The molecule has 0 bridgehead atoms. The van der Waals surface area contributed by atoms with E-state index in [9.17, 15) is 0 Å². The van der Waals surface area contributed by atoms with E-state index >= 15 is 0 Å². The second-order valence-corrected chi connectivity index (χ2v) is 12.8. The van der Waals surface area contributed by atoms with Gasteiger partial charge in [0.05, 0.1) is 0 Å². The molecule has 0 amide bonds. The summed E-state index contributed by atoms with van der Waals surface area (Å²) in [5.74, 6) is 0.829. The molecule has 1 aliphatic carbocycles. The number of rotatable bonds is 8. The number of hydrogen-bond donors (Lipinski definition) is 0. The average molecular weight is 473 g/mol. The van der Waals surface area contributed by atoms with Crippen molar-refractivity contribution in [2.75, 3.05) is 0 Å². The highest BCUT2D eigenvalue weighted by atomic mass is 35.5. The van der Waals surface area contributed by atoms with Gasteiger partial charge in [0.1, 0.15) is 0 Å². The molecule has 180 valence electrons. The lowest BCUT2D eigenvalue weighted by molar-refractivity contribution is 0.377. The largest absolute Gasteiger partial charge is 0.0840 e. The molecule has 0 aliphatic heterocycles. The van der Waals surface area contributed by atoms with Crippen LogP contribution in [0.15, 0.2) is 72.8 Å². The summed E-state index contributed by atoms with van der Waals surface area (Å²) in [7, 11) is 0. The minimum absolute atomic E-state index is 0.0435. The fraction of sp³-hybridized carbons (Fsp3) is 0.455. The molecule has 1 atom stereocenters. The van der Waals surface area contributed by atoms with Crippen molar-refractivity contribution in [3.05, 3.63) is 106 Å². The Balaban J connectivity index is 1.50. The lowest BCUT2D eigenvalue weighted by atomic mass is 9.73. The molecule has 3 aromatic rings. The van der Waals surface area contributed by atoms with Gasteiger partial charge in [-0.05, 0) is 88.2 Å². The molecule has 0 radical (unpaired) electrons. The molecule has 1 heteroatoms. The van der Waals surface area contributed by atoms with E-state index in [1.807, 2.05) is 0 Å². The van der Waals surface area contributed by atoms with Gasteiger partial charge in [0.25, 0.3) is 0 Å². The van der Waals surface area contributed by atoms with Crippen LogP contribution in [0.1, 0.15) is 88.6 Å². The van der Waals surface area contributed by atoms with E-state index in [2.05, 4.69) is 114 Å². The van der Waals surface area contributed by atoms with Gasteiger partial charge in [-0.25, -0.2) is 0 Å². The maximum Gasteiger partial charge on any atom is 0.0446 e. The topological polar surface area (TPSA) is 0 Å². The zero-order valence-corrected chi connectivity index (χ0v) is 22.7. The van der Waals surface area contributed by atoms with Crippen molar-refractivity contribution in [3.63, 3.8) is 0 Å². The van der Waals surface area contributed by atoms with Crippen LogP contribution < -0.4 is 0 Å². The van der Waals surface area contributed by atoms with Crippen LogP contribution in [0.5, 0.6) is 0 Å². The normalized spacial score (nSPS) is 16.3. The van der Waals surface area contributed by atoms with Crippen LogP contribution in [0.4, 0.5) is 0 Å². The van der Waals surface area contributed by atoms with Gasteiger partial charge in [0.2, 0.25) is 0 Å². The lowest BCUT2D eigenvalue weighted by Crippen LogP contribution is -2.25. The molecule has 3 aromatic carbocycles. The third-order valence-electron chi connectivity index (χ3n) is 8.04. The highest BCUT2D eigenvalue weighted by Crippen LogP contribution is 2.49. The first-order chi connectivity index (χ1) is 16.0. The van der Waals surface area contributed by atoms with E-state index in [0.717, 1.165) is 23.8 Å². The van der Waals surface area contributed by atoms with Gasteiger partial charge in [0.15, 0.2) is 0 Å². The molecule has 0 heterocycles. The van der Waals surface area contributed by atoms with E-state index in [1.54, 1.807) is 0 Å². The summed E-state index contributed by atoms with van der Waals surface area (Å²) < 4.78 is 0. The van der Waals surface area contributed by atoms with Crippen molar-refractivity contribution >= 4 is 11.6 Å². The van der Waals surface area contributed by atoms with Crippen LogP contribution in [-0.2, 0) is 29.1 Å². The average Bonchev–Trinajstić information content (AvgIpc) is 3.63. The van der Waals surface area contributed by atoms with Gasteiger partial charge in [-0.1, -0.05) is 120 Å². The molecular weight excluding hydrogens is 432 g/mol. The molecule has 1 unspecified atom stereocenters. The van der Waals surface area contributed by atoms with Crippen molar-refractivity contribution in [1.82, 2.24) is 0 Å². The molecule has 0 N–H and O–H groups in total. The predicted molar refractivity (Wildman–Crippen MR) is 148 cm³/mol. The van der Waals surface area contributed by atoms with Crippen molar-refractivity contribution in [2.45, 2.75) is 89.9 Å². The van der Waals surface area contributed by atoms with E-state index < -0.39 is 0 Å². The summed E-state index contributed by atoms with van der Waals surface area (Å²) >= 11 is 6.68. The summed E-state index contributed by atoms with van der Waals surface area (Å²) in [6.45, 7) is 13.9. The molecule has 1 aliphatic rings. The van der Waals surface area contributed by atoms with Gasteiger partial charge in [-0.2, -0.15) is 0 Å². The Kier molecular flexibility index (Phi) is 7.03. The Bertz CT molecular complexity index is 1110. The molecule has 4 rings (SSSR count). The van der Waals surface area contributed by atoms with Crippen molar-refractivity contribution in [3.8, 4) is 0 Å². The fourth-order valence-electron chi connectivity index (χ4n) is 5.56. The first kappa shape index (κ1) is 25.1. The standard InChI is InChI=1S/C33H41Cl/c1-31(2,3)29-18-15-25(22-30(29)34)23-32(4,5)28-14-10-11-24(21-28)19-20-33(6,27-16-17-27)26-12-8-7-9-13-26/h7-15,18,21-22,27H,16-17,19-20,23H2,1-6H3. The molecule has 1 saturated carbocycles. The van der Waals surface area contributed by atoms with Crippen molar-refractivity contribution in [2.24, 2.45) is 5.92 Å². The first-order valence-electron chi connectivity index (χ1n) is 12.9. The number of halogens is 1. The lowest BCUT2D eigenvalue weighted by Gasteiger charge is -2.31. The smallest absolute Gasteiger partial charge is 0.0446 e. The Morgan fingerprint density at radius 2 is 1.41 bits per heavy atom. The molecule has 0 aromatic heterocycles. The number of aryl methyl sites for hydroxylation is 1. The Labute approximate surface area is 212 Å². The molecule has 1 fully saturated rings. The third kappa shape index (κ3) is 5.60. The van der Waals surface area contributed by atoms with Crippen LogP contribution in [0.3, 0.4) is 0 Å². The van der Waals surface area contributed by atoms with Gasteiger partial charge in [-0.15, -0.1) is 0 Å². The zero-order chi connectivity index (χ0) is 24.6. The highest BCUT2D eigenvalue weighted by molar-refractivity contribution is 6.31. The summed E-state index contributed by atoms with van der Waals surface area (Å²) in [6, 6.07) is 27.1. The van der Waals surface area contributed by atoms with Crippen LogP contribution in [-0.4, -0.2) is 0 Å². The van der Waals surface area contributed by atoms with Crippen molar-refractivity contribution in [1.29, 1.82) is 0 Å².